The van der Waals surface area contributed by atoms with Gasteiger partial charge >= 0.3 is 0 Å². The molecule has 0 radical (unpaired) electrons. The fourth-order valence-electron chi connectivity index (χ4n) is 3.36. The summed E-state index contributed by atoms with van der Waals surface area (Å²) in [6.07, 6.45) is 18.4. The number of nitriles is 1. The lowest BCUT2D eigenvalue weighted by Crippen LogP contribution is -2.29. The van der Waals surface area contributed by atoms with Gasteiger partial charge in [0.2, 0.25) is 0 Å². The molecule has 2 heteroatoms. The average molecular weight is 352 g/mol. The molecule has 0 saturated heterocycles. The van der Waals surface area contributed by atoms with Crippen LogP contribution >= 0.6 is 0 Å². The minimum atomic E-state index is -0.779. The molecule has 1 aromatic carbocycles. The van der Waals surface area contributed by atoms with E-state index in [1.807, 2.05) is 30.4 Å². The second-order valence-corrected chi connectivity index (χ2v) is 7.24. The van der Waals surface area contributed by atoms with Crippen molar-refractivity contribution < 1.29 is 4.74 Å². The van der Waals surface area contributed by atoms with E-state index in [-0.39, 0.29) is 0 Å². The van der Waals surface area contributed by atoms with Gasteiger partial charge in [0.05, 0.1) is 0 Å². The Hall–Kier alpha value is -1.85. The summed E-state index contributed by atoms with van der Waals surface area (Å²) in [5, 5.41) is 9.59. The highest BCUT2D eigenvalue weighted by molar-refractivity contribution is 5.75. The van der Waals surface area contributed by atoms with E-state index in [0.717, 1.165) is 6.42 Å². The van der Waals surface area contributed by atoms with E-state index in [0.29, 0.717) is 13.0 Å². The number of unbranched alkanes of at least 4 members (excludes halogenated alkanes) is 8. The van der Waals surface area contributed by atoms with E-state index in [4.69, 9.17) is 4.74 Å². The predicted octanol–water partition coefficient (Wildman–Crippen LogP) is 6.84. The minimum absolute atomic E-state index is 0.627. The molecular weight excluding hydrogens is 318 g/mol. The van der Waals surface area contributed by atoms with Crippen molar-refractivity contribution in [3.05, 3.63) is 54.1 Å². The quantitative estimate of drug-likeness (QED) is 0.386. The van der Waals surface area contributed by atoms with Crippen LogP contribution in [0.5, 0.6) is 0 Å². The molecule has 1 unspecified atom stereocenters. The van der Waals surface area contributed by atoms with Gasteiger partial charge in [-0.2, -0.15) is 5.26 Å². The van der Waals surface area contributed by atoms with Crippen LogP contribution < -0.4 is 0 Å². The van der Waals surface area contributed by atoms with Gasteiger partial charge in [0.1, 0.15) is 6.07 Å². The summed E-state index contributed by atoms with van der Waals surface area (Å²) in [7, 11) is 0. The topological polar surface area (TPSA) is 33.0 Å². The number of hydrogen-bond acceptors (Lipinski definition) is 2. The van der Waals surface area contributed by atoms with Crippen LogP contribution in [0.3, 0.4) is 0 Å². The Morgan fingerprint density at radius 2 is 1.62 bits per heavy atom. The van der Waals surface area contributed by atoms with Crippen LogP contribution in [-0.2, 0) is 4.74 Å². The maximum atomic E-state index is 9.59. The largest absolute Gasteiger partial charge is 0.356 e. The lowest BCUT2D eigenvalue weighted by atomic mass is 9.90. The molecule has 0 amide bonds. The first-order valence-corrected chi connectivity index (χ1v) is 10.3. The molecule has 1 aliphatic rings. The third-order valence-corrected chi connectivity index (χ3v) is 5.06. The smallest absolute Gasteiger partial charge is 0.176 e. The van der Waals surface area contributed by atoms with E-state index in [9.17, 15) is 5.26 Å². The van der Waals surface area contributed by atoms with Crippen molar-refractivity contribution in [2.45, 2.75) is 76.7 Å². The second-order valence-electron chi connectivity index (χ2n) is 7.24. The van der Waals surface area contributed by atoms with E-state index in [1.165, 1.54) is 62.5 Å². The minimum Gasteiger partial charge on any atom is -0.356 e. The molecular formula is C24H33NO. The Morgan fingerprint density at radius 3 is 2.19 bits per heavy atom. The molecule has 1 atom stereocenters. The maximum Gasteiger partial charge on any atom is 0.176 e. The van der Waals surface area contributed by atoms with Crippen LogP contribution in [0.4, 0.5) is 0 Å². The highest BCUT2D eigenvalue weighted by Gasteiger charge is 2.29. The monoisotopic (exact) mass is 351 g/mol. The second kappa shape index (κ2) is 11.7. The molecule has 0 N–H and O–H groups in total. The lowest BCUT2D eigenvalue weighted by Gasteiger charge is -2.25. The first-order chi connectivity index (χ1) is 12.8. The molecule has 0 heterocycles. The molecule has 140 valence electrons. The summed E-state index contributed by atoms with van der Waals surface area (Å²) in [5.74, 6) is 0. The van der Waals surface area contributed by atoms with Crippen LogP contribution in [0.1, 0.15) is 76.7 Å². The summed E-state index contributed by atoms with van der Waals surface area (Å²) in [6, 6.07) is 12.7. The summed E-state index contributed by atoms with van der Waals surface area (Å²) in [6.45, 7) is 2.93. The van der Waals surface area contributed by atoms with E-state index >= 15 is 0 Å². The van der Waals surface area contributed by atoms with Gasteiger partial charge in [0, 0.05) is 13.0 Å². The highest BCUT2D eigenvalue weighted by Crippen LogP contribution is 2.29. The Bertz CT molecular complexity index is 611. The first-order valence-electron chi connectivity index (χ1n) is 10.3. The number of rotatable bonds is 12. The zero-order chi connectivity index (χ0) is 18.5. The standard InChI is InChI=1S/C24H33NO/c1-2-3-4-5-6-7-8-9-13-20-26-24(21-25)18-16-23(17-19-24)22-14-11-10-12-15-22/h10-12,14-18H,2-9,13,19-20H2,1H3. The molecule has 2 nitrogen and oxygen atoms in total. The number of benzene rings is 1. The summed E-state index contributed by atoms with van der Waals surface area (Å²) in [4.78, 5) is 0. The highest BCUT2D eigenvalue weighted by atomic mass is 16.5. The van der Waals surface area contributed by atoms with Crippen LogP contribution in [0.25, 0.3) is 5.57 Å². The van der Waals surface area contributed by atoms with Crippen LogP contribution in [0, 0.1) is 11.3 Å². The van der Waals surface area contributed by atoms with Crippen molar-refractivity contribution in [3.63, 3.8) is 0 Å². The third kappa shape index (κ3) is 6.81. The Balaban J connectivity index is 1.64. The Kier molecular flexibility index (Phi) is 9.21. The SMILES string of the molecule is CCCCCCCCCCCOC1(C#N)C=CC(c2ccccc2)=CC1. The van der Waals surface area contributed by atoms with Gasteiger partial charge in [-0.25, -0.2) is 0 Å². The number of nitrogens with zero attached hydrogens (tertiary/aromatic N) is 1. The molecule has 2 rings (SSSR count). The van der Waals surface area contributed by atoms with Gasteiger partial charge in [-0.1, -0.05) is 101 Å². The van der Waals surface area contributed by atoms with Gasteiger partial charge in [-0.3, -0.25) is 0 Å². The predicted molar refractivity (Wildman–Crippen MR) is 110 cm³/mol. The fraction of sp³-hybridized carbons (Fsp3) is 0.542. The van der Waals surface area contributed by atoms with Crippen molar-refractivity contribution in [1.29, 1.82) is 5.26 Å². The molecule has 26 heavy (non-hydrogen) atoms. The average Bonchev–Trinajstić information content (AvgIpc) is 2.70. The van der Waals surface area contributed by atoms with Crippen molar-refractivity contribution in [3.8, 4) is 6.07 Å². The number of ether oxygens (including phenoxy) is 1. The van der Waals surface area contributed by atoms with E-state index < -0.39 is 5.60 Å². The van der Waals surface area contributed by atoms with Crippen molar-refractivity contribution in [1.82, 2.24) is 0 Å². The summed E-state index contributed by atoms with van der Waals surface area (Å²) in [5.41, 5.74) is 1.58. The van der Waals surface area contributed by atoms with Gasteiger partial charge < -0.3 is 4.74 Å². The Labute approximate surface area is 159 Å². The summed E-state index contributed by atoms with van der Waals surface area (Å²) >= 11 is 0. The van der Waals surface area contributed by atoms with Crippen molar-refractivity contribution >= 4 is 5.57 Å². The first kappa shape index (κ1) is 20.5. The van der Waals surface area contributed by atoms with Crippen molar-refractivity contribution in [2.24, 2.45) is 0 Å². The van der Waals surface area contributed by atoms with Crippen molar-refractivity contribution in [2.75, 3.05) is 6.61 Å². The van der Waals surface area contributed by atoms with Gasteiger partial charge in [-0.05, 0) is 23.6 Å². The van der Waals surface area contributed by atoms with Gasteiger partial charge in [0.15, 0.2) is 5.60 Å². The lowest BCUT2D eigenvalue weighted by molar-refractivity contribution is 0.0323. The normalized spacial score (nSPS) is 19.2. The van der Waals surface area contributed by atoms with E-state index in [1.54, 1.807) is 0 Å². The zero-order valence-corrected chi connectivity index (χ0v) is 16.3. The molecule has 0 aromatic heterocycles. The molecule has 0 bridgehead atoms. The zero-order valence-electron chi connectivity index (χ0n) is 16.3. The van der Waals surface area contributed by atoms with Crippen LogP contribution in [0.15, 0.2) is 48.6 Å². The molecule has 1 aromatic rings. The Morgan fingerprint density at radius 1 is 0.962 bits per heavy atom. The number of hydrogen-bond donors (Lipinski definition) is 0. The van der Waals surface area contributed by atoms with E-state index in [2.05, 4.69) is 31.2 Å². The van der Waals surface area contributed by atoms with Crippen LogP contribution in [0.2, 0.25) is 0 Å². The van der Waals surface area contributed by atoms with Gasteiger partial charge in [-0.15, -0.1) is 0 Å². The molecule has 0 fully saturated rings. The molecule has 1 aliphatic carbocycles. The molecule has 0 spiro atoms. The van der Waals surface area contributed by atoms with Crippen LogP contribution in [-0.4, -0.2) is 12.2 Å². The third-order valence-electron chi connectivity index (χ3n) is 5.06. The fourth-order valence-corrected chi connectivity index (χ4v) is 3.36. The number of allylic oxidation sites excluding steroid dienone is 2. The van der Waals surface area contributed by atoms with Gasteiger partial charge in [0.25, 0.3) is 0 Å². The molecule has 0 aliphatic heterocycles. The summed E-state index contributed by atoms with van der Waals surface area (Å²) < 4.78 is 5.97. The molecule has 0 saturated carbocycles. The maximum absolute atomic E-state index is 9.59.